The van der Waals surface area contributed by atoms with Crippen molar-refractivity contribution >= 4 is 38.6 Å². The number of aromatic nitrogens is 2. The maximum absolute atomic E-state index is 6.25. The van der Waals surface area contributed by atoms with E-state index >= 15 is 0 Å². The van der Waals surface area contributed by atoms with Gasteiger partial charge in [0.15, 0.2) is 0 Å². The van der Waals surface area contributed by atoms with Crippen molar-refractivity contribution in [1.82, 2.24) is 9.55 Å². The quantitative estimate of drug-likeness (QED) is 0.697. The van der Waals surface area contributed by atoms with Crippen molar-refractivity contribution in [3.63, 3.8) is 0 Å². The Morgan fingerprint density at radius 2 is 2.06 bits per heavy atom. The van der Waals surface area contributed by atoms with Gasteiger partial charge in [-0.05, 0) is 30.5 Å². The maximum atomic E-state index is 6.25. The summed E-state index contributed by atoms with van der Waals surface area (Å²) < 4.78 is 3.28. The van der Waals surface area contributed by atoms with Gasteiger partial charge in [0.25, 0.3) is 0 Å². The number of imidazole rings is 1. The zero-order valence-corrected chi connectivity index (χ0v) is 13.5. The summed E-state index contributed by atoms with van der Waals surface area (Å²) in [7, 11) is 0. The first-order valence-electron chi connectivity index (χ1n) is 6.08. The summed E-state index contributed by atoms with van der Waals surface area (Å²) in [5.74, 6) is 0.944. The zero-order valence-electron chi connectivity index (χ0n) is 11.2. The van der Waals surface area contributed by atoms with Gasteiger partial charge in [-0.15, -0.1) is 11.6 Å². The fourth-order valence-electron chi connectivity index (χ4n) is 2.07. The Hall–Kier alpha value is -0.540. The standard InChI is InChI=1S/C14H18BrClN2/c1-9(16)13-17-11-7-10(15)5-6-12(11)18(13)8-14(2,3)4/h5-7,9H,8H2,1-4H3. The number of hydrogen-bond donors (Lipinski definition) is 0. The molecule has 18 heavy (non-hydrogen) atoms. The van der Waals surface area contributed by atoms with Crippen LogP contribution in [-0.4, -0.2) is 9.55 Å². The van der Waals surface area contributed by atoms with Gasteiger partial charge < -0.3 is 4.57 Å². The Bertz CT molecular complexity index is 567. The lowest BCUT2D eigenvalue weighted by molar-refractivity contribution is 0.343. The van der Waals surface area contributed by atoms with Crippen LogP contribution < -0.4 is 0 Å². The minimum atomic E-state index is -0.0847. The molecule has 0 aliphatic heterocycles. The van der Waals surface area contributed by atoms with Crippen LogP contribution in [0.2, 0.25) is 0 Å². The molecule has 0 spiro atoms. The highest BCUT2D eigenvalue weighted by molar-refractivity contribution is 9.10. The van der Waals surface area contributed by atoms with Gasteiger partial charge in [-0.2, -0.15) is 0 Å². The van der Waals surface area contributed by atoms with Crippen molar-refractivity contribution in [1.29, 1.82) is 0 Å². The van der Waals surface area contributed by atoms with Crippen molar-refractivity contribution < 1.29 is 0 Å². The van der Waals surface area contributed by atoms with Gasteiger partial charge in [0.2, 0.25) is 0 Å². The fourth-order valence-corrected chi connectivity index (χ4v) is 2.58. The van der Waals surface area contributed by atoms with Gasteiger partial charge >= 0.3 is 0 Å². The molecule has 0 amide bonds. The highest BCUT2D eigenvalue weighted by Crippen LogP contribution is 2.29. The second-order valence-electron chi connectivity index (χ2n) is 5.87. The molecular weight excluding hydrogens is 312 g/mol. The molecule has 0 aliphatic carbocycles. The molecule has 1 atom stereocenters. The molecule has 1 aromatic heterocycles. The Balaban J connectivity index is 2.63. The smallest absolute Gasteiger partial charge is 0.127 e. The lowest BCUT2D eigenvalue weighted by Gasteiger charge is -2.21. The number of nitrogens with zero attached hydrogens (tertiary/aromatic N) is 2. The molecule has 1 heterocycles. The molecule has 1 unspecified atom stereocenters. The summed E-state index contributed by atoms with van der Waals surface area (Å²) in [5, 5.41) is -0.0847. The summed E-state index contributed by atoms with van der Waals surface area (Å²) in [5.41, 5.74) is 2.34. The monoisotopic (exact) mass is 328 g/mol. The molecule has 0 N–H and O–H groups in total. The molecule has 0 bridgehead atoms. The van der Waals surface area contributed by atoms with Crippen molar-refractivity contribution in [2.24, 2.45) is 5.41 Å². The molecule has 0 aliphatic rings. The molecule has 0 fully saturated rings. The van der Waals surface area contributed by atoms with Gasteiger partial charge in [-0.1, -0.05) is 36.7 Å². The topological polar surface area (TPSA) is 17.8 Å². The van der Waals surface area contributed by atoms with Crippen molar-refractivity contribution in [2.75, 3.05) is 0 Å². The lowest BCUT2D eigenvalue weighted by Crippen LogP contribution is -2.17. The molecule has 0 saturated heterocycles. The van der Waals surface area contributed by atoms with Gasteiger partial charge in [0.05, 0.1) is 16.4 Å². The minimum Gasteiger partial charge on any atom is -0.326 e. The van der Waals surface area contributed by atoms with E-state index in [1.165, 1.54) is 0 Å². The maximum Gasteiger partial charge on any atom is 0.127 e. The van der Waals surface area contributed by atoms with E-state index in [1.54, 1.807) is 0 Å². The summed E-state index contributed by atoms with van der Waals surface area (Å²) in [6, 6.07) is 6.18. The highest BCUT2D eigenvalue weighted by Gasteiger charge is 2.19. The molecule has 2 rings (SSSR count). The van der Waals surface area contributed by atoms with E-state index in [-0.39, 0.29) is 10.8 Å². The van der Waals surface area contributed by atoms with E-state index in [9.17, 15) is 0 Å². The number of hydrogen-bond acceptors (Lipinski definition) is 1. The first-order chi connectivity index (χ1) is 8.28. The largest absolute Gasteiger partial charge is 0.326 e. The number of halogens is 2. The van der Waals surface area contributed by atoms with Crippen molar-refractivity contribution in [2.45, 2.75) is 39.6 Å². The third kappa shape index (κ3) is 2.89. The molecule has 1 aromatic carbocycles. The number of fused-ring (bicyclic) bond motifs is 1. The van der Waals surface area contributed by atoms with E-state index < -0.39 is 0 Å². The first-order valence-corrected chi connectivity index (χ1v) is 7.30. The second kappa shape index (κ2) is 4.86. The van der Waals surface area contributed by atoms with Crippen molar-refractivity contribution in [3.8, 4) is 0 Å². The predicted octanol–water partition coefficient (Wildman–Crippen LogP) is 5.14. The fraction of sp³-hybridized carbons (Fsp3) is 0.500. The van der Waals surface area contributed by atoms with Crippen LogP contribution >= 0.6 is 27.5 Å². The third-order valence-corrected chi connectivity index (χ3v) is 3.42. The summed E-state index contributed by atoms with van der Waals surface area (Å²) in [6.07, 6.45) is 0. The van der Waals surface area contributed by atoms with Crippen LogP contribution in [0.3, 0.4) is 0 Å². The van der Waals surface area contributed by atoms with Gasteiger partial charge in [0.1, 0.15) is 5.82 Å². The van der Waals surface area contributed by atoms with Crippen LogP contribution in [0.25, 0.3) is 11.0 Å². The van der Waals surface area contributed by atoms with Crippen LogP contribution in [0.1, 0.15) is 38.9 Å². The molecule has 2 nitrogen and oxygen atoms in total. The first kappa shape index (κ1) is 13.9. The average molecular weight is 330 g/mol. The number of benzene rings is 1. The minimum absolute atomic E-state index is 0.0847. The van der Waals surface area contributed by atoms with Crippen LogP contribution in [0.5, 0.6) is 0 Å². The predicted molar refractivity (Wildman–Crippen MR) is 81.2 cm³/mol. The van der Waals surface area contributed by atoms with Crippen LogP contribution in [0.15, 0.2) is 22.7 Å². The van der Waals surface area contributed by atoms with Gasteiger partial charge in [-0.3, -0.25) is 0 Å². The van der Waals surface area contributed by atoms with E-state index in [4.69, 9.17) is 11.6 Å². The molecule has 0 saturated carbocycles. The van der Waals surface area contributed by atoms with E-state index in [0.29, 0.717) is 0 Å². The van der Waals surface area contributed by atoms with Gasteiger partial charge in [-0.25, -0.2) is 4.98 Å². The number of alkyl halides is 1. The second-order valence-corrected chi connectivity index (χ2v) is 7.44. The molecule has 0 radical (unpaired) electrons. The zero-order chi connectivity index (χ0) is 13.5. The average Bonchev–Trinajstić information content (AvgIpc) is 2.54. The van der Waals surface area contributed by atoms with E-state index in [1.807, 2.05) is 19.1 Å². The molecule has 4 heteroatoms. The lowest BCUT2D eigenvalue weighted by atomic mass is 9.96. The summed E-state index contributed by atoms with van der Waals surface area (Å²) >= 11 is 9.74. The summed E-state index contributed by atoms with van der Waals surface area (Å²) in [4.78, 5) is 4.66. The van der Waals surface area contributed by atoms with E-state index in [0.717, 1.165) is 27.9 Å². The normalized spacial score (nSPS) is 14.1. The molecule has 98 valence electrons. The highest BCUT2D eigenvalue weighted by atomic mass is 79.9. The Morgan fingerprint density at radius 3 is 2.61 bits per heavy atom. The Kier molecular flexibility index (Phi) is 3.75. The van der Waals surface area contributed by atoms with Crippen LogP contribution in [-0.2, 0) is 6.54 Å². The third-order valence-electron chi connectivity index (χ3n) is 2.73. The van der Waals surface area contributed by atoms with Crippen LogP contribution in [0.4, 0.5) is 0 Å². The molecule has 2 aromatic rings. The summed E-state index contributed by atoms with van der Waals surface area (Å²) in [6.45, 7) is 9.55. The van der Waals surface area contributed by atoms with Crippen LogP contribution in [0, 0.1) is 5.41 Å². The molecular formula is C14H18BrClN2. The Labute approximate surface area is 121 Å². The number of rotatable bonds is 2. The SMILES string of the molecule is CC(Cl)c1nc2cc(Br)ccc2n1CC(C)(C)C. The van der Waals surface area contributed by atoms with Crippen molar-refractivity contribution in [3.05, 3.63) is 28.5 Å². The van der Waals surface area contributed by atoms with E-state index in [2.05, 4.69) is 52.3 Å². The Morgan fingerprint density at radius 1 is 1.39 bits per heavy atom. The van der Waals surface area contributed by atoms with Gasteiger partial charge in [0, 0.05) is 11.0 Å².